The summed E-state index contributed by atoms with van der Waals surface area (Å²) >= 11 is 0. The van der Waals surface area contributed by atoms with Crippen molar-refractivity contribution in [3.8, 4) is 11.5 Å². The third kappa shape index (κ3) is 2.81. The Balaban J connectivity index is 1.81. The van der Waals surface area contributed by atoms with Gasteiger partial charge in [-0.3, -0.25) is 0 Å². The molecule has 0 aliphatic rings. The highest BCUT2D eigenvalue weighted by atomic mass is 19.1. The standard InChI is InChI=1S/C16H16FN3O2/c1-21-14-7-12-13(8-15(14)22-2)20-16(19-12)18-9-10-3-5-11(17)6-4-10/h3-8H,9H2,1-2H3,(H2,18,19,20). The molecule has 0 saturated heterocycles. The second-order valence-corrected chi connectivity index (χ2v) is 4.79. The van der Waals surface area contributed by atoms with Crippen molar-refractivity contribution in [2.45, 2.75) is 6.54 Å². The van der Waals surface area contributed by atoms with Gasteiger partial charge in [0, 0.05) is 18.7 Å². The van der Waals surface area contributed by atoms with E-state index in [1.807, 2.05) is 12.1 Å². The number of aromatic amines is 1. The maximum Gasteiger partial charge on any atom is 0.201 e. The van der Waals surface area contributed by atoms with Gasteiger partial charge in [-0.2, -0.15) is 0 Å². The highest BCUT2D eigenvalue weighted by Gasteiger charge is 2.09. The van der Waals surface area contributed by atoms with E-state index in [1.165, 1.54) is 12.1 Å². The fourth-order valence-electron chi connectivity index (χ4n) is 2.21. The maximum absolute atomic E-state index is 12.9. The van der Waals surface area contributed by atoms with Gasteiger partial charge in [-0.15, -0.1) is 0 Å². The summed E-state index contributed by atoms with van der Waals surface area (Å²) in [6, 6.07) is 9.99. The van der Waals surface area contributed by atoms with Crippen LogP contribution in [-0.4, -0.2) is 24.2 Å². The minimum atomic E-state index is -0.244. The molecule has 5 nitrogen and oxygen atoms in total. The minimum Gasteiger partial charge on any atom is -0.493 e. The van der Waals surface area contributed by atoms with Crippen molar-refractivity contribution in [1.29, 1.82) is 0 Å². The first-order valence-corrected chi connectivity index (χ1v) is 6.79. The van der Waals surface area contributed by atoms with Gasteiger partial charge < -0.3 is 19.8 Å². The molecule has 0 saturated carbocycles. The largest absolute Gasteiger partial charge is 0.493 e. The molecule has 1 heterocycles. The molecule has 6 heteroatoms. The molecule has 1 aromatic heterocycles. The van der Waals surface area contributed by atoms with E-state index in [9.17, 15) is 4.39 Å². The molecule has 114 valence electrons. The molecule has 0 aliphatic carbocycles. The van der Waals surface area contributed by atoms with Crippen LogP contribution in [0.15, 0.2) is 36.4 Å². The Morgan fingerprint density at radius 2 is 1.77 bits per heavy atom. The summed E-state index contributed by atoms with van der Waals surface area (Å²) in [6.45, 7) is 0.550. The zero-order valence-electron chi connectivity index (χ0n) is 12.3. The van der Waals surface area contributed by atoms with Gasteiger partial charge in [0.1, 0.15) is 5.82 Å². The summed E-state index contributed by atoms with van der Waals surface area (Å²) in [5, 5.41) is 3.17. The lowest BCUT2D eigenvalue weighted by Crippen LogP contribution is -2.00. The van der Waals surface area contributed by atoms with Crippen LogP contribution >= 0.6 is 0 Å². The van der Waals surface area contributed by atoms with E-state index < -0.39 is 0 Å². The van der Waals surface area contributed by atoms with Gasteiger partial charge in [0.15, 0.2) is 11.5 Å². The van der Waals surface area contributed by atoms with Crippen LogP contribution in [0.3, 0.4) is 0 Å². The van der Waals surface area contributed by atoms with E-state index in [2.05, 4.69) is 15.3 Å². The Morgan fingerprint density at radius 1 is 1.09 bits per heavy atom. The summed E-state index contributed by atoms with van der Waals surface area (Å²) in [5.41, 5.74) is 2.59. The third-order valence-corrected chi connectivity index (χ3v) is 3.36. The quantitative estimate of drug-likeness (QED) is 0.759. The molecule has 22 heavy (non-hydrogen) atoms. The van der Waals surface area contributed by atoms with E-state index in [1.54, 1.807) is 26.4 Å². The Hall–Kier alpha value is -2.76. The lowest BCUT2D eigenvalue weighted by molar-refractivity contribution is 0.356. The monoisotopic (exact) mass is 301 g/mol. The second-order valence-electron chi connectivity index (χ2n) is 4.79. The SMILES string of the molecule is COc1cc2nc(NCc3ccc(F)cc3)[nH]c2cc1OC. The summed E-state index contributed by atoms with van der Waals surface area (Å²) in [7, 11) is 3.18. The molecule has 0 amide bonds. The lowest BCUT2D eigenvalue weighted by atomic mass is 10.2. The van der Waals surface area contributed by atoms with E-state index in [4.69, 9.17) is 9.47 Å². The zero-order chi connectivity index (χ0) is 15.5. The Morgan fingerprint density at radius 3 is 2.45 bits per heavy atom. The van der Waals surface area contributed by atoms with E-state index >= 15 is 0 Å². The van der Waals surface area contributed by atoms with E-state index in [-0.39, 0.29) is 5.82 Å². The first-order valence-electron chi connectivity index (χ1n) is 6.79. The summed E-state index contributed by atoms with van der Waals surface area (Å²) < 4.78 is 23.4. The molecule has 2 N–H and O–H groups in total. The Labute approximate surface area is 127 Å². The summed E-state index contributed by atoms with van der Waals surface area (Å²) in [4.78, 5) is 7.62. The van der Waals surface area contributed by atoms with Crippen LogP contribution in [0.1, 0.15) is 5.56 Å². The number of hydrogen-bond donors (Lipinski definition) is 2. The van der Waals surface area contributed by atoms with Crippen LogP contribution in [0.2, 0.25) is 0 Å². The van der Waals surface area contributed by atoms with E-state index in [0.717, 1.165) is 16.6 Å². The molecular weight excluding hydrogens is 285 g/mol. The van der Waals surface area contributed by atoms with Crippen molar-refractivity contribution in [2.75, 3.05) is 19.5 Å². The molecule has 2 aromatic carbocycles. The average molecular weight is 301 g/mol. The summed E-state index contributed by atoms with van der Waals surface area (Å²) in [5.74, 6) is 1.66. The Kier molecular flexibility index (Phi) is 3.82. The number of nitrogens with one attached hydrogen (secondary N) is 2. The van der Waals surface area contributed by atoms with Crippen molar-refractivity contribution in [1.82, 2.24) is 9.97 Å². The summed E-state index contributed by atoms with van der Waals surface area (Å²) in [6.07, 6.45) is 0. The third-order valence-electron chi connectivity index (χ3n) is 3.36. The van der Waals surface area contributed by atoms with Crippen molar-refractivity contribution >= 4 is 17.0 Å². The number of fused-ring (bicyclic) bond motifs is 1. The number of ether oxygens (including phenoxy) is 2. The van der Waals surface area contributed by atoms with Crippen LogP contribution < -0.4 is 14.8 Å². The molecule has 3 aromatic rings. The highest BCUT2D eigenvalue weighted by Crippen LogP contribution is 2.31. The molecule has 3 rings (SSSR count). The smallest absolute Gasteiger partial charge is 0.201 e. The lowest BCUT2D eigenvalue weighted by Gasteiger charge is -2.06. The van der Waals surface area contributed by atoms with Crippen LogP contribution in [0.4, 0.5) is 10.3 Å². The predicted octanol–water partition coefficient (Wildman–Crippen LogP) is 3.33. The molecule has 0 unspecified atom stereocenters. The molecule has 0 aliphatic heterocycles. The number of rotatable bonds is 5. The van der Waals surface area contributed by atoms with Crippen LogP contribution in [0.25, 0.3) is 11.0 Å². The molecule has 0 bridgehead atoms. The molecule has 0 spiro atoms. The number of aromatic nitrogens is 2. The number of benzene rings is 2. The number of halogens is 1. The molecule has 0 fully saturated rings. The molecular formula is C16H16FN3O2. The number of nitrogens with zero attached hydrogens (tertiary/aromatic N) is 1. The normalized spacial score (nSPS) is 10.7. The topological polar surface area (TPSA) is 59.2 Å². The zero-order valence-corrected chi connectivity index (χ0v) is 12.3. The predicted molar refractivity (Wildman–Crippen MR) is 82.9 cm³/mol. The van der Waals surface area contributed by atoms with Crippen LogP contribution in [-0.2, 0) is 6.54 Å². The average Bonchev–Trinajstić information content (AvgIpc) is 2.94. The van der Waals surface area contributed by atoms with Crippen molar-refractivity contribution in [2.24, 2.45) is 0 Å². The first kappa shape index (κ1) is 14.2. The Bertz CT molecular complexity index is 743. The van der Waals surface area contributed by atoms with Crippen molar-refractivity contribution in [3.63, 3.8) is 0 Å². The van der Waals surface area contributed by atoms with Crippen molar-refractivity contribution in [3.05, 3.63) is 47.8 Å². The van der Waals surface area contributed by atoms with Crippen molar-refractivity contribution < 1.29 is 13.9 Å². The first-order chi connectivity index (χ1) is 10.7. The van der Waals surface area contributed by atoms with E-state index in [0.29, 0.717) is 24.0 Å². The maximum atomic E-state index is 12.9. The number of anilines is 1. The van der Waals surface area contributed by atoms with Gasteiger partial charge >= 0.3 is 0 Å². The fourth-order valence-corrected chi connectivity index (χ4v) is 2.21. The minimum absolute atomic E-state index is 0.244. The second kappa shape index (κ2) is 5.93. The molecule has 0 atom stereocenters. The van der Waals surface area contributed by atoms with Gasteiger partial charge in [0.25, 0.3) is 0 Å². The van der Waals surface area contributed by atoms with Gasteiger partial charge in [-0.1, -0.05) is 12.1 Å². The van der Waals surface area contributed by atoms with Gasteiger partial charge in [0.05, 0.1) is 25.3 Å². The number of H-pyrrole nitrogens is 1. The highest BCUT2D eigenvalue weighted by molar-refractivity contribution is 5.81. The number of hydrogen-bond acceptors (Lipinski definition) is 4. The number of methoxy groups -OCH3 is 2. The van der Waals surface area contributed by atoms with Crippen LogP contribution in [0.5, 0.6) is 11.5 Å². The number of imidazole rings is 1. The molecule has 0 radical (unpaired) electrons. The fraction of sp³-hybridized carbons (Fsp3) is 0.188. The van der Waals surface area contributed by atoms with Crippen LogP contribution in [0, 0.1) is 5.82 Å². The van der Waals surface area contributed by atoms with Gasteiger partial charge in [-0.25, -0.2) is 9.37 Å². The van der Waals surface area contributed by atoms with Gasteiger partial charge in [-0.05, 0) is 17.7 Å². The van der Waals surface area contributed by atoms with Gasteiger partial charge in [0.2, 0.25) is 5.95 Å².